The standard InChI is InChI=1S/C18H27N3O/c22-18(12-17(14-5-6-14)15-7-8-15)21-11-2-1-4-16(21)13-20-10-3-9-19-20/h3,9-10,14-17H,1-2,4-8,11-13H2/t16-/m1/s1. The van der Waals surface area contributed by atoms with Crippen molar-refractivity contribution < 1.29 is 4.79 Å². The van der Waals surface area contributed by atoms with Crippen molar-refractivity contribution in [2.45, 2.75) is 64.0 Å². The van der Waals surface area contributed by atoms with Gasteiger partial charge in [-0.2, -0.15) is 5.10 Å². The third kappa shape index (κ3) is 3.21. The van der Waals surface area contributed by atoms with Crippen LogP contribution in [-0.4, -0.2) is 33.2 Å². The molecule has 0 bridgehead atoms. The maximum Gasteiger partial charge on any atom is 0.223 e. The minimum absolute atomic E-state index is 0.347. The van der Waals surface area contributed by atoms with Gasteiger partial charge in [-0.25, -0.2) is 0 Å². The molecule has 1 saturated heterocycles. The van der Waals surface area contributed by atoms with Crippen molar-refractivity contribution in [3.63, 3.8) is 0 Å². The number of nitrogens with zero attached hydrogens (tertiary/aromatic N) is 3. The minimum Gasteiger partial charge on any atom is -0.338 e. The Morgan fingerprint density at radius 3 is 2.55 bits per heavy atom. The lowest BCUT2D eigenvalue weighted by Crippen LogP contribution is -2.46. The Morgan fingerprint density at radius 2 is 1.91 bits per heavy atom. The molecule has 1 aromatic rings. The summed E-state index contributed by atoms with van der Waals surface area (Å²) < 4.78 is 1.98. The monoisotopic (exact) mass is 301 g/mol. The molecule has 4 heteroatoms. The van der Waals surface area contributed by atoms with E-state index in [1.165, 1.54) is 38.5 Å². The van der Waals surface area contributed by atoms with E-state index < -0.39 is 0 Å². The average molecular weight is 301 g/mol. The summed E-state index contributed by atoms with van der Waals surface area (Å²) in [5.74, 6) is 2.84. The van der Waals surface area contributed by atoms with Gasteiger partial charge in [0.15, 0.2) is 0 Å². The van der Waals surface area contributed by atoms with Crippen molar-refractivity contribution in [2.24, 2.45) is 17.8 Å². The zero-order chi connectivity index (χ0) is 14.9. The van der Waals surface area contributed by atoms with Crippen LogP contribution < -0.4 is 0 Å². The van der Waals surface area contributed by atoms with Crippen molar-refractivity contribution in [2.75, 3.05) is 6.54 Å². The molecular weight excluding hydrogens is 274 g/mol. The van der Waals surface area contributed by atoms with Gasteiger partial charge in [0, 0.05) is 25.4 Å². The normalized spacial score (nSPS) is 25.7. The fourth-order valence-corrected chi connectivity index (χ4v) is 4.23. The van der Waals surface area contributed by atoms with Gasteiger partial charge in [0.05, 0.1) is 12.6 Å². The Bertz CT molecular complexity index is 492. The Balaban J connectivity index is 1.40. The third-order valence-corrected chi connectivity index (χ3v) is 5.77. The molecule has 120 valence electrons. The van der Waals surface area contributed by atoms with Crippen LogP contribution in [0, 0.1) is 17.8 Å². The lowest BCUT2D eigenvalue weighted by atomic mass is 9.92. The number of hydrogen-bond donors (Lipinski definition) is 0. The van der Waals surface area contributed by atoms with E-state index in [9.17, 15) is 4.79 Å². The van der Waals surface area contributed by atoms with Crippen LogP contribution in [0.5, 0.6) is 0 Å². The molecule has 0 radical (unpaired) electrons. The predicted molar refractivity (Wildman–Crippen MR) is 85.1 cm³/mol. The van der Waals surface area contributed by atoms with Gasteiger partial charge in [0.1, 0.15) is 0 Å². The lowest BCUT2D eigenvalue weighted by molar-refractivity contribution is -0.136. The highest BCUT2D eigenvalue weighted by Crippen LogP contribution is 2.50. The van der Waals surface area contributed by atoms with E-state index in [2.05, 4.69) is 10.00 Å². The van der Waals surface area contributed by atoms with Crippen LogP contribution in [0.4, 0.5) is 0 Å². The van der Waals surface area contributed by atoms with Crippen molar-refractivity contribution in [1.29, 1.82) is 0 Å². The molecule has 3 aliphatic rings. The van der Waals surface area contributed by atoms with Crippen molar-refractivity contribution in [3.05, 3.63) is 18.5 Å². The van der Waals surface area contributed by atoms with Crippen LogP contribution in [0.3, 0.4) is 0 Å². The van der Waals surface area contributed by atoms with Gasteiger partial charge in [0.25, 0.3) is 0 Å². The van der Waals surface area contributed by atoms with E-state index in [0.29, 0.717) is 17.9 Å². The minimum atomic E-state index is 0.347. The lowest BCUT2D eigenvalue weighted by Gasteiger charge is -2.36. The van der Waals surface area contributed by atoms with E-state index in [-0.39, 0.29) is 0 Å². The molecule has 2 saturated carbocycles. The smallest absolute Gasteiger partial charge is 0.223 e. The quantitative estimate of drug-likeness (QED) is 0.810. The van der Waals surface area contributed by atoms with Gasteiger partial charge in [-0.05, 0) is 68.8 Å². The number of rotatable bonds is 6. The van der Waals surface area contributed by atoms with Crippen LogP contribution in [0.2, 0.25) is 0 Å². The Morgan fingerprint density at radius 1 is 1.14 bits per heavy atom. The summed E-state index contributed by atoms with van der Waals surface area (Å²) in [6.07, 6.45) is 13.6. The molecular formula is C18H27N3O. The molecule has 0 unspecified atom stereocenters. The second kappa shape index (κ2) is 6.05. The van der Waals surface area contributed by atoms with Crippen LogP contribution in [-0.2, 0) is 11.3 Å². The Hall–Kier alpha value is -1.32. The fourth-order valence-electron chi connectivity index (χ4n) is 4.23. The molecule has 4 rings (SSSR count). The molecule has 0 spiro atoms. The van der Waals surface area contributed by atoms with Crippen LogP contribution in [0.15, 0.2) is 18.5 Å². The molecule has 3 fully saturated rings. The highest BCUT2D eigenvalue weighted by molar-refractivity contribution is 5.77. The summed E-state index contributed by atoms with van der Waals surface area (Å²) in [6.45, 7) is 1.81. The van der Waals surface area contributed by atoms with E-state index in [1.54, 1.807) is 0 Å². The predicted octanol–water partition coefficient (Wildman–Crippen LogP) is 3.09. The van der Waals surface area contributed by atoms with Crippen LogP contribution in [0.1, 0.15) is 51.4 Å². The van der Waals surface area contributed by atoms with Gasteiger partial charge in [-0.15, -0.1) is 0 Å². The largest absolute Gasteiger partial charge is 0.338 e. The highest BCUT2D eigenvalue weighted by atomic mass is 16.2. The molecule has 22 heavy (non-hydrogen) atoms. The molecule has 1 amide bonds. The fraction of sp³-hybridized carbons (Fsp3) is 0.778. The molecule has 1 aliphatic heterocycles. The number of amides is 1. The van der Waals surface area contributed by atoms with Crippen LogP contribution in [0.25, 0.3) is 0 Å². The van der Waals surface area contributed by atoms with E-state index in [4.69, 9.17) is 0 Å². The molecule has 0 aromatic carbocycles. The average Bonchev–Trinajstić information content (AvgIpc) is 3.46. The number of aromatic nitrogens is 2. The van der Waals surface area contributed by atoms with E-state index in [0.717, 1.165) is 37.8 Å². The van der Waals surface area contributed by atoms with Gasteiger partial charge < -0.3 is 4.90 Å². The van der Waals surface area contributed by atoms with Gasteiger partial charge in [-0.1, -0.05) is 0 Å². The summed E-state index contributed by atoms with van der Waals surface area (Å²) in [5, 5.41) is 4.32. The number of carbonyl (C=O) groups is 1. The van der Waals surface area contributed by atoms with Crippen LogP contribution >= 0.6 is 0 Å². The zero-order valence-corrected chi connectivity index (χ0v) is 13.4. The van der Waals surface area contributed by atoms with Crippen molar-refractivity contribution >= 4 is 5.91 Å². The SMILES string of the molecule is O=C(CC(C1CC1)C1CC1)N1CCCC[C@@H]1Cn1cccn1. The first-order chi connectivity index (χ1) is 10.8. The Kier molecular flexibility index (Phi) is 3.93. The first-order valence-electron chi connectivity index (χ1n) is 9.08. The van der Waals surface area contributed by atoms with Gasteiger partial charge in [0.2, 0.25) is 5.91 Å². The summed E-state index contributed by atoms with van der Waals surface area (Å²) in [5.41, 5.74) is 0. The third-order valence-electron chi connectivity index (χ3n) is 5.77. The first-order valence-corrected chi connectivity index (χ1v) is 9.08. The second-order valence-electron chi connectivity index (χ2n) is 7.51. The molecule has 2 aliphatic carbocycles. The van der Waals surface area contributed by atoms with E-state index in [1.807, 2.05) is 23.1 Å². The number of likely N-dealkylation sites (tertiary alicyclic amines) is 1. The summed E-state index contributed by atoms with van der Waals surface area (Å²) in [7, 11) is 0. The summed E-state index contributed by atoms with van der Waals surface area (Å²) in [6, 6.07) is 2.31. The zero-order valence-electron chi connectivity index (χ0n) is 13.4. The summed E-state index contributed by atoms with van der Waals surface area (Å²) in [4.78, 5) is 15.1. The van der Waals surface area contributed by atoms with E-state index >= 15 is 0 Å². The van der Waals surface area contributed by atoms with Gasteiger partial charge >= 0.3 is 0 Å². The molecule has 2 heterocycles. The summed E-state index contributed by atoms with van der Waals surface area (Å²) >= 11 is 0. The highest BCUT2D eigenvalue weighted by Gasteiger charge is 2.43. The number of carbonyl (C=O) groups excluding carboxylic acids is 1. The molecule has 1 aromatic heterocycles. The molecule has 1 atom stereocenters. The molecule has 0 N–H and O–H groups in total. The topological polar surface area (TPSA) is 38.1 Å². The van der Waals surface area contributed by atoms with Gasteiger partial charge in [-0.3, -0.25) is 9.48 Å². The maximum atomic E-state index is 12.9. The molecule has 4 nitrogen and oxygen atoms in total. The first kappa shape index (κ1) is 14.3. The Labute approximate surface area is 132 Å². The number of piperidine rings is 1. The second-order valence-corrected chi connectivity index (χ2v) is 7.51. The number of hydrogen-bond acceptors (Lipinski definition) is 2. The maximum absolute atomic E-state index is 12.9. The van der Waals surface area contributed by atoms with Crippen molar-refractivity contribution in [1.82, 2.24) is 14.7 Å². The van der Waals surface area contributed by atoms with Crippen molar-refractivity contribution in [3.8, 4) is 0 Å².